The first kappa shape index (κ1) is 26.5. The Labute approximate surface area is 196 Å². The van der Waals surface area contributed by atoms with Crippen molar-refractivity contribution in [2.75, 3.05) is 18.5 Å². The molecule has 3 aromatic rings. The predicted octanol–water partition coefficient (Wildman–Crippen LogP) is 4.10. The van der Waals surface area contributed by atoms with Gasteiger partial charge in [0.2, 0.25) is 5.88 Å². The van der Waals surface area contributed by atoms with Gasteiger partial charge in [-0.2, -0.15) is 0 Å². The zero-order valence-corrected chi connectivity index (χ0v) is 18.5. The second-order valence-electron chi connectivity index (χ2n) is 5.55. The Morgan fingerprint density at radius 3 is 2.48 bits per heavy atom. The van der Waals surface area contributed by atoms with E-state index in [9.17, 15) is 13.2 Å². The summed E-state index contributed by atoms with van der Waals surface area (Å²) in [6.45, 7) is 0.636. The molecule has 2 heterocycles. The molecule has 0 aliphatic carbocycles. The van der Waals surface area contributed by atoms with Gasteiger partial charge in [-0.15, -0.1) is 18.3 Å². The fraction of sp³-hybridized carbons (Fsp3) is 0.188. The Morgan fingerprint density at radius 2 is 1.88 bits per heavy atom. The maximum atomic E-state index is 12.2. The monoisotopic (exact) mass is 531 g/mol. The van der Waals surface area contributed by atoms with Gasteiger partial charge < -0.3 is 19.7 Å². The first-order chi connectivity index (χ1) is 15.6. The third kappa shape index (κ3) is 9.34. The number of hydrogen-bond donors (Lipinski definition) is 2. The standard InChI is InChI=1S/C16H12Cl2F3N5O2.HO4P.H2/c17-13-14(18)23-9-24-15(13)22-6-8-27-12-5-7-26(25-12)10-1-3-11(4-2-10)28-16(19,20)21;1-4-5(2)3;/h1-5,7,9H,6,8H2,(H,22,23,24);1H;1H. The molecule has 3 rings (SSSR count). The molecule has 2 aromatic heterocycles. The molecule has 0 saturated carbocycles. The molecule has 33 heavy (non-hydrogen) atoms. The van der Waals surface area contributed by atoms with Gasteiger partial charge in [-0.1, -0.05) is 23.2 Å². The number of halogens is 5. The minimum absolute atomic E-state index is 0. The Morgan fingerprint density at radius 1 is 1.21 bits per heavy atom. The Hall–Kier alpha value is -2.74. The largest absolute Gasteiger partial charge is 0.573 e. The topological polar surface area (TPSA) is 144 Å². The smallest absolute Gasteiger partial charge is 0.565 e. The quantitative estimate of drug-likeness (QED) is 0.143. The molecule has 0 aliphatic heterocycles. The number of nitrogens with one attached hydrogen (secondary N) is 1. The van der Waals surface area contributed by atoms with E-state index in [0.717, 1.165) is 0 Å². The molecular weight excluding hydrogens is 517 g/mol. The average molecular weight is 532 g/mol. The Bertz CT molecular complexity index is 1060. The van der Waals surface area contributed by atoms with E-state index in [-0.39, 0.29) is 24.0 Å². The second kappa shape index (κ2) is 12.5. The fourth-order valence-corrected chi connectivity index (χ4v) is 2.42. The van der Waals surface area contributed by atoms with Crippen LogP contribution >= 0.6 is 31.5 Å². The number of rotatable bonds is 8. The van der Waals surface area contributed by atoms with E-state index in [4.69, 9.17) is 42.7 Å². The summed E-state index contributed by atoms with van der Waals surface area (Å²) in [4.78, 5) is 16.6. The lowest BCUT2D eigenvalue weighted by atomic mass is 10.3. The van der Waals surface area contributed by atoms with E-state index in [1.807, 2.05) is 0 Å². The number of benzene rings is 1. The highest BCUT2D eigenvalue weighted by Crippen LogP contribution is 2.25. The van der Waals surface area contributed by atoms with Crippen LogP contribution in [0.15, 0.2) is 42.9 Å². The van der Waals surface area contributed by atoms with Crippen LogP contribution in [0.4, 0.5) is 19.0 Å². The fourth-order valence-electron chi connectivity index (χ4n) is 2.13. The van der Waals surface area contributed by atoms with Crippen molar-refractivity contribution in [3.05, 3.63) is 53.0 Å². The van der Waals surface area contributed by atoms with Crippen LogP contribution in [0, 0.1) is 0 Å². The van der Waals surface area contributed by atoms with Crippen LogP contribution in [-0.4, -0.2) is 44.5 Å². The lowest BCUT2D eigenvalue weighted by molar-refractivity contribution is -0.274. The average Bonchev–Trinajstić information content (AvgIpc) is 3.23. The zero-order chi connectivity index (χ0) is 24.4. The normalized spacial score (nSPS) is 11.3. The Kier molecular flexibility index (Phi) is 10.0. The van der Waals surface area contributed by atoms with Gasteiger partial charge in [0.25, 0.3) is 0 Å². The summed E-state index contributed by atoms with van der Waals surface area (Å²) in [7, 11) is -3.04. The lowest BCUT2D eigenvalue weighted by Gasteiger charge is -2.09. The van der Waals surface area contributed by atoms with Crippen LogP contribution in [0.5, 0.6) is 11.6 Å². The van der Waals surface area contributed by atoms with Crippen molar-refractivity contribution in [1.29, 1.82) is 0 Å². The predicted molar refractivity (Wildman–Crippen MR) is 110 cm³/mol. The van der Waals surface area contributed by atoms with Crippen LogP contribution in [0.25, 0.3) is 5.69 Å². The minimum atomic E-state index is -4.73. The van der Waals surface area contributed by atoms with Crippen LogP contribution in [0.1, 0.15) is 1.43 Å². The zero-order valence-electron chi connectivity index (χ0n) is 16.1. The van der Waals surface area contributed by atoms with Gasteiger partial charge in [0, 0.05) is 18.4 Å². The molecule has 0 spiro atoms. The molecule has 1 unspecified atom stereocenters. The molecule has 2 N–H and O–H groups in total. The van der Waals surface area contributed by atoms with Crippen molar-refractivity contribution in [1.82, 2.24) is 19.7 Å². The summed E-state index contributed by atoms with van der Waals surface area (Å²) in [6, 6.07) is 6.91. The Balaban J connectivity index is 0.000000873. The molecule has 0 aliphatic rings. The number of aromatic nitrogens is 4. The molecule has 0 saturated heterocycles. The number of nitrogens with zero attached hydrogens (tertiary/aromatic N) is 4. The maximum absolute atomic E-state index is 12.2. The maximum Gasteiger partial charge on any atom is 0.573 e. The first-order valence-electron chi connectivity index (χ1n) is 8.49. The van der Waals surface area contributed by atoms with Crippen molar-refractivity contribution >= 4 is 37.3 Å². The summed E-state index contributed by atoms with van der Waals surface area (Å²) in [5.41, 5.74) is 0.546. The van der Waals surface area contributed by atoms with Crippen LogP contribution in [-0.2, 0) is 9.24 Å². The molecule has 1 atom stereocenters. The molecule has 17 heteroatoms. The van der Waals surface area contributed by atoms with Crippen molar-refractivity contribution < 1.29 is 43.5 Å². The summed E-state index contributed by atoms with van der Waals surface area (Å²) >= 11 is 11.8. The van der Waals surface area contributed by atoms with E-state index >= 15 is 0 Å². The second-order valence-corrected chi connectivity index (χ2v) is 6.89. The molecule has 0 amide bonds. The van der Waals surface area contributed by atoms with E-state index in [1.165, 1.54) is 35.3 Å². The van der Waals surface area contributed by atoms with Gasteiger partial charge in [-0.05, 0) is 28.8 Å². The van der Waals surface area contributed by atoms with Crippen molar-refractivity contribution in [3.63, 3.8) is 0 Å². The van der Waals surface area contributed by atoms with Crippen LogP contribution < -0.4 is 19.7 Å². The van der Waals surface area contributed by atoms with E-state index in [0.29, 0.717) is 23.9 Å². The lowest BCUT2D eigenvalue weighted by Crippen LogP contribution is -2.17. The highest BCUT2D eigenvalue weighted by molar-refractivity contribution is 7.30. The van der Waals surface area contributed by atoms with Crippen molar-refractivity contribution in [2.24, 2.45) is 0 Å². The number of alkyl halides is 3. The van der Waals surface area contributed by atoms with Crippen LogP contribution in [0.3, 0.4) is 0 Å². The van der Waals surface area contributed by atoms with Gasteiger partial charge in [-0.25, -0.2) is 19.9 Å². The molecule has 0 fully saturated rings. The molecule has 0 radical (unpaired) electrons. The molecule has 180 valence electrons. The minimum Gasteiger partial charge on any atom is -0.565 e. The van der Waals surface area contributed by atoms with Crippen molar-refractivity contribution in [2.45, 2.75) is 6.36 Å². The van der Waals surface area contributed by atoms with Gasteiger partial charge in [0.1, 0.15) is 29.5 Å². The number of hydrogen-bond acceptors (Lipinski definition) is 10. The molecule has 11 nitrogen and oxygen atoms in total. The summed E-state index contributed by atoms with van der Waals surface area (Å²) in [5.74, 6) is 0.413. The third-order valence-electron chi connectivity index (χ3n) is 3.36. The van der Waals surface area contributed by atoms with Crippen LogP contribution in [0.2, 0.25) is 10.2 Å². The highest BCUT2D eigenvalue weighted by atomic mass is 35.5. The van der Waals surface area contributed by atoms with E-state index in [2.05, 4.69) is 29.8 Å². The molecular formula is C16H15Cl2F3N5O6P. The van der Waals surface area contributed by atoms with Crippen molar-refractivity contribution in [3.8, 4) is 17.3 Å². The van der Waals surface area contributed by atoms with E-state index in [1.54, 1.807) is 12.3 Å². The van der Waals surface area contributed by atoms with Gasteiger partial charge >= 0.3 is 14.6 Å². The summed E-state index contributed by atoms with van der Waals surface area (Å²) in [5, 5.41) is 14.6. The van der Waals surface area contributed by atoms with E-state index < -0.39 is 14.6 Å². The molecule has 0 bridgehead atoms. The molecule has 1 aromatic carbocycles. The highest BCUT2D eigenvalue weighted by Gasteiger charge is 2.30. The third-order valence-corrected chi connectivity index (χ3v) is 4.23. The summed E-state index contributed by atoms with van der Waals surface area (Å²) in [6.07, 6.45) is -1.84. The first-order valence-corrected chi connectivity index (χ1v) is 10.3. The number of ether oxygens (including phenoxy) is 2. The SMILES string of the molecule is FC(F)(F)Oc1ccc(-n2ccc(OCCNc3ncnc(Cl)c3Cl)n2)cc1.O=[P+]([O-])OO.[HH]. The number of anilines is 1. The summed E-state index contributed by atoms with van der Waals surface area (Å²) < 4.78 is 59.0. The van der Waals surface area contributed by atoms with Gasteiger partial charge in [-0.3, -0.25) is 0 Å². The van der Waals surface area contributed by atoms with Gasteiger partial charge in [0.05, 0.1) is 12.2 Å². The van der Waals surface area contributed by atoms with Gasteiger partial charge in [0.15, 0.2) is 5.15 Å².